The van der Waals surface area contributed by atoms with Crippen molar-refractivity contribution in [2.45, 2.75) is 5.54 Å². The highest BCUT2D eigenvalue weighted by molar-refractivity contribution is 7.87. The van der Waals surface area contributed by atoms with Crippen LogP contribution in [0.25, 0.3) is 0 Å². The molecule has 11 nitrogen and oxygen atoms in total. The van der Waals surface area contributed by atoms with E-state index in [9.17, 15) is 18.0 Å². The van der Waals surface area contributed by atoms with Gasteiger partial charge in [-0.3, -0.25) is 4.79 Å². The topological polar surface area (TPSA) is 129 Å². The summed E-state index contributed by atoms with van der Waals surface area (Å²) in [5.74, 6) is -1.02. The second-order valence-corrected chi connectivity index (χ2v) is 11.5. The van der Waals surface area contributed by atoms with Crippen molar-refractivity contribution in [2.24, 2.45) is 0 Å². The summed E-state index contributed by atoms with van der Waals surface area (Å²) < 4.78 is 42.8. The summed E-state index contributed by atoms with van der Waals surface area (Å²) in [5.41, 5.74) is 1.85. The van der Waals surface area contributed by atoms with Crippen molar-refractivity contribution in [3.8, 4) is 11.5 Å². The van der Waals surface area contributed by atoms with E-state index in [-0.39, 0.29) is 18.7 Å². The fourth-order valence-electron chi connectivity index (χ4n) is 5.23. The van der Waals surface area contributed by atoms with Gasteiger partial charge in [0.1, 0.15) is 23.6 Å². The maximum Gasteiger partial charge on any atom is 0.329 e. The number of hydrogen-bond acceptors (Lipinski definition) is 8. The summed E-state index contributed by atoms with van der Waals surface area (Å²) in [4.78, 5) is 28.6. The third-order valence-electron chi connectivity index (χ3n) is 7.00. The molecule has 2 aliphatic rings. The number of carbonyl (C=O) groups excluding carboxylic acids is 1. The summed E-state index contributed by atoms with van der Waals surface area (Å²) >= 11 is 0. The van der Waals surface area contributed by atoms with Crippen LogP contribution in [0.5, 0.6) is 11.5 Å². The molecule has 0 saturated heterocycles. The number of carboxylic acid groups (broad SMARTS) is 1. The van der Waals surface area contributed by atoms with Gasteiger partial charge >= 0.3 is 16.2 Å². The van der Waals surface area contributed by atoms with Gasteiger partial charge in [-0.05, 0) is 18.2 Å². The van der Waals surface area contributed by atoms with E-state index in [0.29, 0.717) is 28.2 Å². The smallest absolute Gasteiger partial charge is 0.329 e. The Morgan fingerprint density at radius 3 is 2.08 bits per heavy atom. The minimum Gasteiger partial charge on any atom is -0.480 e. The van der Waals surface area contributed by atoms with Gasteiger partial charge in [-0.2, -0.15) is 13.1 Å². The number of nitrogens with one attached hydrogen (secondary N) is 1. The van der Waals surface area contributed by atoms with Crippen molar-refractivity contribution in [3.05, 3.63) is 82.9 Å². The predicted molar refractivity (Wildman–Crippen MR) is 149 cm³/mol. The molecular formula is C28H30N4O7S. The van der Waals surface area contributed by atoms with Crippen LogP contribution < -0.4 is 19.3 Å². The highest BCUT2D eigenvalue weighted by Gasteiger charge is 2.60. The molecule has 5 rings (SSSR count). The normalized spacial score (nSPS) is 14.8. The molecule has 0 bridgehead atoms. The average molecular weight is 567 g/mol. The van der Waals surface area contributed by atoms with Crippen LogP contribution in [0.1, 0.15) is 27.0 Å². The number of hydrogen-bond donors (Lipinski definition) is 2. The van der Waals surface area contributed by atoms with E-state index in [1.807, 2.05) is 62.3 Å². The first-order valence-electron chi connectivity index (χ1n) is 12.5. The third-order valence-corrected chi connectivity index (χ3v) is 8.49. The molecule has 1 spiro atoms. The van der Waals surface area contributed by atoms with E-state index in [4.69, 9.17) is 14.6 Å². The lowest BCUT2D eigenvalue weighted by atomic mass is 9.75. The Labute approximate surface area is 232 Å². The Morgan fingerprint density at radius 1 is 0.950 bits per heavy atom. The van der Waals surface area contributed by atoms with Gasteiger partial charge in [0.25, 0.3) is 5.91 Å². The van der Waals surface area contributed by atoms with E-state index in [2.05, 4.69) is 4.72 Å². The Hall–Kier alpha value is -4.13. The molecule has 12 heteroatoms. The lowest BCUT2D eigenvalue weighted by Crippen LogP contribution is -2.54. The standard InChI is InChI=1S/C28H30N4O7S/c1-30(2)18-9-11-22-24(15-18)39-25-16-19(31(3)4)10-12-23(25)28(22)21-8-6-5-7-20(21)27(35)32(28)40(36,37)29-13-14-38-17-26(33)34/h5-12,15-16,29H,13-14,17H2,1-4H3,(H,33,34). The van der Waals surface area contributed by atoms with Crippen molar-refractivity contribution in [1.29, 1.82) is 0 Å². The Balaban J connectivity index is 1.75. The lowest BCUT2D eigenvalue weighted by Gasteiger charge is -2.43. The second kappa shape index (κ2) is 10.1. The van der Waals surface area contributed by atoms with E-state index < -0.39 is 34.2 Å². The van der Waals surface area contributed by atoms with Gasteiger partial charge in [-0.1, -0.05) is 30.3 Å². The summed E-state index contributed by atoms with van der Waals surface area (Å²) in [6.07, 6.45) is 0. The summed E-state index contributed by atoms with van der Waals surface area (Å²) in [5, 5.41) is 8.81. The summed E-state index contributed by atoms with van der Waals surface area (Å²) in [6, 6.07) is 17.8. The third kappa shape index (κ3) is 4.34. The summed E-state index contributed by atoms with van der Waals surface area (Å²) in [6.45, 7) is -0.996. The van der Waals surface area contributed by atoms with Crippen LogP contribution in [-0.2, 0) is 25.3 Å². The minimum atomic E-state index is -4.49. The van der Waals surface area contributed by atoms with Gasteiger partial charge in [-0.25, -0.2) is 9.10 Å². The van der Waals surface area contributed by atoms with Gasteiger partial charge in [0.2, 0.25) is 0 Å². The number of carbonyl (C=O) groups is 2. The first kappa shape index (κ1) is 27.4. The van der Waals surface area contributed by atoms with Gasteiger partial charge < -0.3 is 24.4 Å². The minimum absolute atomic E-state index is 0.192. The Bertz CT molecular complexity index is 1550. The number of fused-ring (bicyclic) bond motifs is 6. The van der Waals surface area contributed by atoms with Gasteiger partial charge in [0.15, 0.2) is 0 Å². The van der Waals surface area contributed by atoms with Crippen LogP contribution in [0.3, 0.4) is 0 Å². The largest absolute Gasteiger partial charge is 0.480 e. The molecule has 2 heterocycles. The lowest BCUT2D eigenvalue weighted by molar-refractivity contribution is -0.142. The molecular weight excluding hydrogens is 536 g/mol. The van der Waals surface area contributed by atoms with Crippen LogP contribution in [0.15, 0.2) is 60.7 Å². The Kier molecular flexibility index (Phi) is 6.94. The molecule has 3 aromatic rings. The maximum absolute atomic E-state index is 14.0. The van der Waals surface area contributed by atoms with Crippen molar-refractivity contribution in [1.82, 2.24) is 9.03 Å². The van der Waals surface area contributed by atoms with E-state index in [1.165, 1.54) is 0 Å². The molecule has 2 N–H and O–H groups in total. The summed E-state index contributed by atoms with van der Waals surface area (Å²) in [7, 11) is 3.06. The molecule has 0 saturated carbocycles. The molecule has 0 radical (unpaired) electrons. The number of carboxylic acids is 1. The van der Waals surface area contributed by atoms with Crippen LogP contribution in [0.2, 0.25) is 0 Å². The fourth-order valence-corrected chi connectivity index (χ4v) is 6.67. The molecule has 0 aromatic heterocycles. The highest BCUT2D eigenvalue weighted by Crippen LogP contribution is 2.58. The molecule has 210 valence electrons. The highest BCUT2D eigenvalue weighted by atomic mass is 32.2. The molecule has 1 amide bonds. The second-order valence-electron chi connectivity index (χ2n) is 9.92. The number of amides is 1. The number of anilines is 2. The quantitative estimate of drug-likeness (QED) is 0.376. The van der Waals surface area contributed by atoms with E-state index in [1.54, 1.807) is 36.4 Å². The van der Waals surface area contributed by atoms with Crippen molar-refractivity contribution in [3.63, 3.8) is 0 Å². The number of ether oxygens (including phenoxy) is 2. The van der Waals surface area contributed by atoms with E-state index in [0.717, 1.165) is 15.7 Å². The van der Waals surface area contributed by atoms with Crippen molar-refractivity contribution in [2.75, 3.05) is 57.7 Å². The van der Waals surface area contributed by atoms with Crippen molar-refractivity contribution >= 4 is 33.5 Å². The monoisotopic (exact) mass is 566 g/mol. The van der Waals surface area contributed by atoms with Gasteiger partial charge in [-0.15, -0.1) is 0 Å². The number of nitrogens with zero attached hydrogens (tertiary/aromatic N) is 3. The number of rotatable bonds is 9. The molecule has 3 aromatic carbocycles. The van der Waals surface area contributed by atoms with Crippen LogP contribution >= 0.6 is 0 Å². The molecule has 2 aliphatic heterocycles. The molecule has 40 heavy (non-hydrogen) atoms. The maximum atomic E-state index is 14.0. The molecule has 0 atom stereocenters. The van der Waals surface area contributed by atoms with Gasteiger partial charge in [0, 0.05) is 80.5 Å². The fraction of sp³-hybridized carbons (Fsp3) is 0.286. The predicted octanol–water partition coefficient (Wildman–Crippen LogP) is 2.61. The Morgan fingerprint density at radius 2 is 1.52 bits per heavy atom. The average Bonchev–Trinajstić information content (AvgIpc) is 3.17. The molecule has 0 fully saturated rings. The van der Waals surface area contributed by atoms with Crippen LogP contribution in [0.4, 0.5) is 11.4 Å². The first-order chi connectivity index (χ1) is 19.0. The van der Waals surface area contributed by atoms with Crippen LogP contribution in [0, 0.1) is 0 Å². The number of aliphatic carboxylic acids is 1. The zero-order valence-corrected chi connectivity index (χ0v) is 23.4. The SMILES string of the molecule is CN(C)c1ccc2c(c1)Oc1cc(N(C)C)ccc1C21c2ccccc2C(=O)N1S(=O)(=O)NCCOCC(=O)O. The molecule has 0 aliphatic carbocycles. The van der Waals surface area contributed by atoms with Crippen molar-refractivity contribution < 1.29 is 32.6 Å². The zero-order chi connectivity index (χ0) is 28.8. The zero-order valence-electron chi connectivity index (χ0n) is 22.5. The van der Waals surface area contributed by atoms with Gasteiger partial charge in [0.05, 0.1) is 6.61 Å². The van der Waals surface area contributed by atoms with Crippen LogP contribution in [-0.4, -0.2) is 77.7 Å². The first-order valence-corrected chi connectivity index (χ1v) is 14.0. The number of benzene rings is 3. The molecule has 0 unspecified atom stereocenters. The van der Waals surface area contributed by atoms with E-state index >= 15 is 0 Å².